The van der Waals surface area contributed by atoms with Crippen LogP contribution in [0.3, 0.4) is 0 Å². The van der Waals surface area contributed by atoms with E-state index in [4.69, 9.17) is 4.74 Å². The lowest BCUT2D eigenvalue weighted by Crippen LogP contribution is -2.25. The van der Waals surface area contributed by atoms with Crippen molar-refractivity contribution in [2.45, 2.75) is 0 Å². The number of hydrogen-bond acceptors (Lipinski definition) is 4. The number of rotatable bonds is 4. The third kappa shape index (κ3) is 4.27. The molecule has 2 aromatic rings. The van der Waals surface area contributed by atoms with Crippen LogP contribution in [-0.4, -0.2) is 18.5 Å². The van der Waals surface area contributed by atoms with Gasteiger partial charge in [0.25, 0.3) is 5.91 Å². The van der Waals surface area contributed by atoms with Crippen LogP contribution < -0.4 is 10.0 Å². The van der Waals surface area contributed by atoms with Crippen LogP contribution in [0.25, 0.3) is 0 Å². The molecule has 7 heteroatoms. The molecule has 6 nitrogen and oxygen atoms in total. The molecule has 0 saturated carbocycles. The summed E-state index contributed by atoms with van der Waals surface area (Å²) in [6, 6.07) is 7.74. The van der Waals surface area contributed by atoms with Gasteiger partial charge in [-0.05, 0) is 24.3 Å². The highest BCUT2D eigenvalue weighted by Crippen LogP contribution is 2.08. The zero-order valence-corrected chi connectivity index (χ0v) is 10.8. The predicted octanol–water partition coefficient (Wildman–Crippen LogP) is 1.25. The van der Waals surface area contributed by atoms with Crippen LogP contribution in [0.4, 0.5) is 10.1 Å². The fourth-order valence-corrected chi connectivity index (χ4v) is 1.49. The van der Waals surface area contributed by atoms with E-state index >= 15 is 0 Å². The number of hydrogen-bond donors (Lipinski definition) is 1. The minimum absolute atomic E-state index is 0.164. The summed E-state index contributed by atoms with van der Waals surface area (Å²) in [6.07, 6.45) is 2.30. The Hall–Kier alpha value is -2.96. The van der Waals surface area contributed by atoms with E-state index in [-0.39, 0.29) is 5.56 Å². The zero-order valence-electron chi connectivity index (χ0n) is 10.8. The lowest BCUT2D eigenvalue weighted by atomic mass is 10.3. The largest absolute Gasteiger partial charge is 0.619 e. The summed E-state index contributed by atoms with van der Waals surface area (Å²) in [5.41, 5.74) is 0.557. The Bertz CT molecular complexity index is 641. The molecule has 1 amide bonds. The van der Waals surface area contributed by atoms with Crippen molar-refractivity contribution >= 4 is 17.6 Å². The molecule has 0 radical (unpaired) electrons. The monoisotopic (exact) mass is 290 g/mol. The van der Waals surface area contributed by atoms with Crippen LogP contribution in [-0.2, 0) is 9.53 Å². The van der Waals surface area contributed by atoms with Gasteiger partial charge < -0.3 is 15.3 Å². The second-order valence-corrected chi connectivity index (χ2v) is 4.08. The number of esters is 1. The third-order valence-corrected chi connectivity index (χ3v) is 2.50. The van der Waals surface area contributed by atoms with Crippen molar-refractivity contribution in [3.63, 3.8) is 0 Å². The van der Waals surface area contributed by atoms with E-state index in [0.29, 0.717) is 10.4 Å². The summed E-state index contributed by atoms with van der Waals surface area (Å²) >= 11 is 0. The van der Waals surface area contributed by atoms with Gasteiger partial charge in [-0.15, -0.1) is 0 Å². The van der Waals surface area contributed by atoms with Gasteiger partial charge in [0, 0.05) is 17.8 Å². The summed E-state index contributed by atoms with van der Waals surface area (Å²) in [5, 5.41) is 13.3. The summed E-state index contributed by atoms with van der Waals surface area (Å²) in [7, 11) is 0. The first kappa shape index (κ1) is 14.4. The summed E-state index contributed by atoms with van der Waals surface area (Å²) in [5.74, 6) is -1.69. The first-order chi connectivity index (χ1) is 10.0. The van der Waals surface area contributed by atoms with E-state index in [1.165, 1.54) is 36.4 Å². The number of halogens is 1. The molecule has 0 bridgehead atoms. The summed E-state index contributed by atoms with van der Waals surface area (Å²) in [6.45, 7) is -0.484. The average Bonchev–Trinajstić information content (AvgIpc) is 2.48. The summed E-state index contributed by atoms with van der Waals surface area (Å²) < 4.78 is 18.0. The number of nitrogens with one attached hydrogen (secondary N) is 1. The fraction of sp³-hybridized carbons (Fsp3) is 0.0714. The maximum absolute atomic E-state index is 12.7. The molecule has 0 fully saturated rings. The molecular weight excluding hydrogens is 279 g/mol. The second-order valence-electron chi connectivity index (χ2n) is 4.08. The SMILES string of the molecule is O=C(COC(=O)c1cc[n+]([O-])cc1)Nc1ccc(F)cc1. The second kappa shape index (κ2) is 6.47. The molecule has 0 aliphatic rings. The molecule has 2 rings (SSSR count). The van der Waals surface area contributed by atoms with E-state index in [9.17, 15) is 19.2 Å². The van der Waals surface area contributed by atoms with E-state index < -0.39 is 24.3 Å². The third-order valence-electron chi connectivity index (χ3n) is 2.50. The Labute approximate surface area is 119 Å². The molecular formula is C14H11FN2O4. The Balaban J connectivity index is 1.84. The van der Waals surface area contributed by atoms with E-state index in [1.807, 2.05) is 0 Å². The predicted molar refractivity (Wildman–Crippen MR) is 70.7 cm³/mol. The van der Waals surface area contributed by atoms with Crippen molar-refractivity contribution in [3.05, 3.63) is 65.4 Å². The van der Waals surface area contributed by atoms with Crippen LogP contribution in [0, 0.1) is 11.0 Å². The number of nitrogens with zero attached hydrogens (tertiary/aromatic N) is 1. The van der Waals surface area contributed by atoms with Gasteiger partial charge >= 0.3 is 5.97 Å². The average molecular weight is 290 g/mol. The minimum Gasteiger partial charge on any atom is -0.619 e. The molecule has 1 aromatic carbocycles. The molecule has 0 unspecified atom stereocenters. The zero-order chi connectivity index (χ0) is 15.2. The summed E-state index contributed by atoms with van der Waals surface area (Å²) in [4.78, 5) is 23.1. The van der Waals surface area contributed by atoms with Crippen molar-refractivity contribution in [1.82, 2.24) is 0 Å². The van der Waals surface area contributed by atoms with Crippen LogP contribution >= 0.6 is 0 Å². The van der Waals surface area contributed by atoms with E-state index in [2.05, 4.69) is 5.32 Å². The van der Waals surface area contributed by atoms with Crippen LogP contribution in [0.5, 0.6) is 0 Å². The molecule has 0 aliphatic carbocycles. The van der Waals surface area contributed by atoms with Gasteiger partial charge in [-0.1, -0.05) is 0 Å². The first-order valence-corrected chi connectivity index (χ1v) is 5.96. The van der Waals surface area contributed by atoms with Crippen molar-refractivity contribution in [2.75, 3.05) is 11.9 Å². The van der Waals surface area contributed by atoms with Crippen LogP contribution in [0.2, 0.25) is 0 Å². The van der Waals surface area contributed by atoms with Gasteiger partial charge in [-0.3, -0.25) is 4.79 Å². The highest BCUT2D eigenvalue weighted by atomic mass is 19.1. The Morgan fingerprint density at radius 3 is 2.38 bits per heavy atom. The van der Waals surface area contributed by atoms with Crippen LogP contribution in [0.15, 0.2) is 48.8 Å². The Morgan fingerprint density at radius 1 is 1.14 bits per heavy atom. The molecule has 1 N–H and O–H groups in total. The van der Waals surface area contributed by atoms with Crippen molar-refractivity contribution in [3.8, 4) is 0 Å². The lowest BCUT2D eigenvalue weighted by molar-refractivity contribution is -0.605. The van der Waals surface area contributed by atoms with Crippen LogP contribution in [0.1, 0.15) is 10.4 Å². The number of carbonyl (C=O) groups excluding carboxylic acids is 2. The van der Waals surface area contributed by atoms with Crippen molar-refractivity contribution in [1.29, 1.82) is 0 Å². The number of benzene rings is 1. The highest BCUT2D eigenvalue weighted by molar-refractivity contribution is 5.95. The van der Waals surface area contributed by atoms with Gasteiger partial charge in [0.05, 0.1) is 5.56 Å². The molecule has 0 spiro atoms. The topological polar surface area (TPSA) is 82.3 Å². The number of amides is 1. The fourth-order valence-electron chi connectivity index (χ4n) is 1.49. The van der Waals surface area contributed by atoms with Gasteiger partial charge in [-0.2, -0.15) is 4.73 Å². The molecule has 0 aliphatic heterocycles. The first-order valence-electron chi connectivity index (χ1n) is 5.96. The number of anilines is 1. The maximum Gasteiger partial charge on any atom is 0.339 e. The van der Waals surface area contributed by atoms with E-state index in [0.717, 1.165) is 12.4 Å². The number of aromatic nitrogens is 1. The Morgan fingerprint density at radius 2 is 1.76 bits per heavy atom. The standard InChI is InChI=1S/C14H11FN2O4/c15-11-1-3-12(4-2-11)16-13(18)9-21-14(19)10-5-7-17(20)8-6-10/h1-8H,9H2,(H,16,18). The van der Waals surface area contributed by atoms with Gasteiger partial charge in [0.15, 0.2) is 19.0 Å². The maximum atomic E-state index is 12.7. The minimum atomic E-state index is -0.718. The normalized spacial score (nSPS) is 9.95. The van der Waals surface area contributed by atoms with Gasteiger partial charge in [0.2, 0.25) is 0 Å². The smallest absolute Gasteiger partial charge is 0.339 e. The molecule has 1 heterocycles. The molecule has 108 valence electrons. The van der Waals surface area contributed by atoms with Crippen molar-refractivity contribution in [2.24, 2.45) is 0 Å². The van der Waals surface area contributed by atoms with Crippen molar-refractivity contribution < 1.29 is 23.4 Å². The molecule has 0 saturated heterocycles. The number of ether oxygens (including phenoxy) is 1. The number of pyridine rings is 1. The van der Waals surface area contributed by atoms with Gasteiger partial charge in [-0.25, -0.2) is 9.18 Å². The molecule has 1 aromatic heterocycles. The van der Waals surface area contributed by atoms with Gasteiger partial charge in [0.1, 0.15) is 5.82 Å². The Kier molecular flexibility index (Phi) is 4.45. The molecule has 21 heavy (non-hydrogen) atoms. The highest BCUT2D eigenvalue weighted by Gasteiger charge is 2.11. The molecule has 0 atom stereocenters. The van der Waals surface area contributed by atoms with E-state index in [1.54, 1.807) is 0 Å². The number of carbonyl (C=O) groups is 2. The quantitative estimate of drug-likeness (QED) is 0.522. The lowest BCUT2D eigenvalue weighted by Gasteiger charge is -2.06.